The van der Waals surface area contributed by atoms with E-state index in [1.807, 2.05) is 6.07 Å². The summed E-state index contributed by atoms with van der Waals surface area (Å²) in [5, 5.41) is 21.3. The fraction of sp³-hybridized carbons (Fsp3) is 0.0556. The molecule has 0 radical (unpaired) electrons. The highest BCUT2D eigenvalue weighted by molar-refractivity contribution is 7.10. The van der Waals surface area contributed by atoms with Gasteiger partial charge in [-0.25, -0.2) is 8.78 Å². The van der Waals surface area contributed by atoms with Crippen LogP contribution in [0, 0.1) is 28.4 Å². The molecule has 5 nitrogen and oxygen atoms in total. The van der Waals surface area contributed by atoms with Gasteiger partial charge in [0.15, 0.2) is 0 Å². The maximum atomic E-state index is 14.0. The number of hydrogen-bond acceptors (Lipinski definition) is 5. The third-order valence-electron chi connectivity index (χ3n) is 3.70. The third-order valence-corrected chi connectivity index (χ3v) is 4.94. The van der Waals surface area contributed by atoms with Crippen LogP contribution in [0.3, 0.4) is 0 Å². The summed E-state index contributed by atoms with van der Waals surface area (Å²) < 4.78 is 28.0. The molecule has 0 fully saturated rings. The zero-order chi connectivity index (χ0) is 19.6. The predicted molar refractivity (Wildman–Crippen MR) is 101 cm³/mol. The molecule has 0 unspecified atom stereocenters. The maximum absolute atomic E-state index is 14.0. The number of benzene rings is 1. The second-order valence-electron chi connectivity index (χ2n) is 5.45. The Morgan fingerprint density at radius 3 is 2.70 bits per heavy atom. The third kappa shape index (κ3) is 3.74. The zero-order valence-electron chi connectivity index (χ0n) is 13.6. The number of rotatable bonds is 5. The SMILES string of the molecule is N#CCc1cc(C(=N)c2c(Nc3c(F)cccc3F)c(Cl)c[nH]c2=O)cs1. The van der Waals surface area contributed by atoms with E-state index in [0.29, 0.717) is 5.56 Å². The lowest BCUT2D eigenvalue weighted by Gasteiger charge is -2.14. The smallest absolute Gasteiger partial charge is 0.259 e. The van der Waals surface area contributed by atoms with Crippen molar-refractivity contribution in [3.8, 4) is 6.07 Å². The van der Waals surface area contributed by atoms with Crippen LogP contribution in [0.1, 0.15) is 16.0 Å². The summed E-state index contributed by atoms with van der Waals surface area (Å²) in [6, 6.07) is 6.95. The number of aromatic amines is 1. The second-order valence-corrected chi connectivity index (χ2v) is 6.85. The van der Waals surface area contributed by atoms with Crippen molar-refractivity contribution in [2.75, 3.05) is 5.32 Å². The predicted octanol–water partition coefficient (Wildman–Crippen LogP) is 4.59. The normalized spacial score (nSPS) is 10.4. The molecule has 3 rings (SSSR count). The Morgan fingerprint density at radius 2 is 2.04 bits per heavy atom. The van der Waals surface area contributed by atoms with Crippen LogP contribution < -0.4 is 10.9 Å². The van der Waals surface area contributed by atoms with Gasteiger partial charge in [0, 0.05) is 22.0 Å². The van der Waals surface area contributed by atoms with Gasteiger partial charge in [0.2, 0.25) is 0 Å². The molecule has 0 amide bonds. The summed E-state index contributed by atoms with van der Waals surface area (Å²) in [5.74, 6) is -1.73. The average Bonchev–Trinajstić information content (AvgIpc) is 3.09. The highest BCUT2D eigenvalue weighted by Crippen LogP contribution is 2.31. The van der Waals surface area contributed by atoms with Crippen LogP contribution in [0.2, 0.25) is 5.02 Å². The lowest BCUT2D eigenvalue weighted by molar-refractivity contribution is 0.591. The summed E-state index contributed by atoms with van der Waals surface area (Å²) in [6.45, 7) is 0. The van der Waals surface area contributed by atoms with Crippen LogP contribution in [0.25, 0.3) is 0 Å². The van der Waals surface area contributed by atoms with E-state index in [2.05, 4.69) is 10.3 Å². The summed E-state index contributed by atoms with van der Waals surface area (Å²) in [7, 11) is 0. The molecule has 9 heteroatoms. The number of aromatic nitrogens is 1. The molecular formula is C18H11ClF2N4OS. The number of pyridine rings is 1. The molecule has 0 atom stereocenters. The minimum absolute atomic E-state index is 0.00974. The number of nitriles is 1. The van der Waals surface area contributed by atoms with E-state index >= 15 is 0 Å². The minimum Gasteiger partial charge on any atom is -0.349 e. The van der Waals surface area contributed by atoms with Gasteiger partial charge in [0.05, 0.1) is 34.5 Å². The molecule has 0 bridgehead atoms. The highest BCUT2D eigenvalue weighted by atomic mass is 35.5. The van der Waals surface area contributed by atoms with Gasteiger partial charge in [-0.3, -0.25) is 10.2 Å². The second kappa shape index (κ2) is 7.70. The molecule has 3 aromatic rings. The zero-order valence-corrected chi connectivity index (χ0v) is 15.1. The van der Waals surface area contributed by atoms with Gasteiger partial charge in [0.1, 0.15) is 17.3 Å². The molecule has 3 N–H and O–H groups in total. The molecule has 0 aliphatic rings. The average molecular weight is 405 g/mol. The molecule has 136 valence electrons. The summed E-state index contributed by atoms with van der Waals surface area (Å²) in [5.41, 5.74) is -1.14. The van der Waals surface area contributed by atoms with E-state index < -0.39 is 22.9 Å². The fourth-order valence-corrected chi connectivity index (χ4v) is 3.44. The van der Waals surface area contributed by atoms with E-state index in [0.717, 1.165) is 17.0 Å². The highest BCUT2D eigenvalue weighted by Gasteiger charge is 2.21. The van der Waals surface area contributed by atoms with Crippen LogP contribution in [0.4, 0.5) is 20.2 Å². The lowest BCUT2D eigenvalue weighted by atomic mass is 10.0. The Bertz CT molecular complexity index is 1110. The van der Waals surface area contributed by atoms with Gasteiger partial charge in [-0.1, -0.05) is 17.7 Å². The van der Waals surface area contributed by atoms with E-state index in [4.69, 9.17) is 22.3 Å². The molecule has 0 saturated carbocycles. The Labute approximate surface area is 161 Å². The first-order valence-corrected chi connectivity index (χ1v) is 8.84. The van der Waals surface area contributed by atoms with Crippen LogP contribution in [-0.2, 0) is 6.42 Å². The van der Waals surface area contributed by atoms with Crippen molar-refractivity contribution in [1.82, 2.24) is 4.98 Å². The van der Waals surface area contributed by atoms with Crippen molar-refractivity contribution < 1.29 is 8.78 Å². The number of anilines is 2. The van der Waals surface area contributed by atoms with Gasteiger partial charge in [-0.05, 0) is 18.2 Å². The standard InChI is InChI=1S/C18H11ClF2N4OS/c19-11-7-24-18(26)14(15(23)9-6-10(4-5-22)27-8-9)16(11)25-17-12(20)2-1-3-13(17)21/h1-3,6-8,23H,4H2,(H2,24,25,26). The summed E-state index contributed by atoms with van der Waals surface area (Å²) >= 11 is 7.40. The first kappa shape index (κ1) is 18.8. The van der Waals surface area contributed by atoms with Crippen molar-refractivity contribution in [2.45, 2.75) is 6.42 Å². The molecular weight excluding hydrogens is 394 g/mol. The molecule has 27 heavy (non-hydrogen) atoms. The monoisotopic (exact) mass is 404 g/mol. The number of thiophene rings is 1. The number of nitrogens with zero attached hydrogens (tertiary/aromatic N) is 1. The van der Waals surface area contributed by atoms with Gasteiger partial charge in [-0.2, -0.15) is 5.26 Å². The fourth-order valence-electron chi connectivity index (χ4n) is 2.44. The Kier molecular flexibility index (Phi) is 5.35. The van der Waals surface area contributed by atoms with Gasteiger partial charge < -0.3 is 10.3 Å². The molecule has 0 aliphatic heterocycles. The quantitative estimate of drug-likeness (QED) is 0.543. The number of para-hydroxylation sites is 1. The molecule has 1 aromatic carbocycles. The first-order chi connectivity index (χ1) is 12.9. The first-order valence-electron chi connectivity index (χ1n) is 7.58. The van der Waals surface area contributed by atoms with Crippen LogP contribution in [0.15, 0.2) is 40.6 Å². The molecule has 0 saturated heterocycles. The van der Waals surface area contributed by atoms with Crippen molar-refractivity contribution in [2.24, 2.45) is 0 Å². The van der Waals surface area contributed by atoms with Crippen LogP contribution in [0.5, 0.6) is 0 Å². The minimum atomic E-state index is -0.865. The Balaban J connectivity index is 2.10. The number of hydrogen-bond donors (Lipinski definition) is 3. The van der Waals surface area contributed by atoms with Crippen molar-refractivity contribution in [3.05, 3.63) is 78.9 Å². The van der Waals surface area contributed by atoms with E-state index in [1.54, 1.807) is 11.4 Å². The molecule has 2 heterocycles. The number of halogens is 3. The number of nitrogens with one attached hydrogen (secondary N) is 3. The molecule has 0 spiro atoms. The largest absolute Gasteiger partial charge is 0.349 e. The topological polar surface area (TPSA) is 92.5 Å². The van der Waals surface area contributed by atoms with E-state index in [9.17, 15) is 13.6 Å². The van der Waals surface area contributed by atoms with Gasteiger partial charge in [0.25, 0.3) is 5.56 Å². The number of H-pyrrole nitrogens is 1. The lowest BCUT2D eigenvalue weighted by Crippen LogP contribution is -2.21. The molecule has 0 aliphatic carbocycles. The van der Waals surface area contributed by atoms with Crippen molar-refractivity contribution in [3.63, 3.8) is 0 Å². The van der Waals surface area contributed by atoms with Crippen molar-refractivity contribution >= 4 is 40.0 Å². The van der Waals surface area contributed by atoms with E-state index in [-0.39, 0.29) is 28.4 Å². The maximum Gasteiger partial charge on any atom is 0.259 e. The summed E-state index contributed by atoms with van der Waals surface area (Å²) in [4.78, 5) is 15.5. The van der Waals surface area contributed by atoms with Gasteiger partial charge in [-0.15, -0.1) is 11.3 Å². The van der Waals surface area contributed by atoms with Crippen LogP contribution >= 0.6 is 22.9 Å². The van der Waals surface area contributed by atoms with E-state index in [1.165, 1.54) is 23.6 Å². The molecule has 2 aromatic heterocycles. The Hall–Kier alpha value is -3.02. The van der Waals surface area contributed by atoms with Crippen molar-refractivity contribution in [1.29, 1.82) is 10.7 Å². The van der Waals surface area contributed by atoms with Gasteiger partial charge >= 0.3 is 0 Å². The Morgan fingerprint density at radius 1 is 1.33 bits per heavy atom. The summed E-state index contributed by atoms with van der Waals surface area (Å²) in [6.07, 6.45) is 1.35. The van der Waals surface area contributed by atoms with Crippen LogP contribution in [-0.4, -0.2) is 10.7 Å².